The van der Waals surface area contributed by atoms with Crippen molar-refractivity contribution in [2.45, 2.75) is 25.5 Å². The van der Waals surface area contributed by atoms with E-state index in [1.54, 1.807) is 24.2 Å². The molecule has 2 heterocycles. The minimum absolute atomic E-state index is 0.0495. The topological polar surface area (TPSA) is 74.6 Å². The highest BCUT2D eigenvalue weighted by Crippen LogP contribution is 2.31. The Labute approximate surface area is 169 Å². The second-order valence-corrected chi connectivity index (χ2v) is 6.84. The van der Waals surface area contributed by atoms with Gasteiger partial charge in [-0.05, 0) is 36.2 Å². The number of para-hydroxylation sites is 2. The summed E-state index contributed by atoms with van der Waals surface area (Å²) in [7, 11) is 1.63. The molecule has 0 saturated heterocycles. The zero-order valence-corrected chi connectivity index (χ0v) is 16.2. The number of rotatable bonds is 7. The van der Waals surface area contributed by atoms with Gasteiger partial charge in [-0.3, -0.25) is 9.48 Å². The van der Waals surface area contributed by atoms with E-state index in [0.717, 1.165) is 22.8 Å². The normalized spacial score (nSPS) is 15.0. The molecule has 1 N–H and O–H groups in total. The minimum Gasteiger partial charge on any atom is -0.497 e. The van der Waals surface area contributed by atoms with Crippen LogP contribution in [0.2, 0.25) is 0 Å². The maximum Gasteiger partial charge on any atom is 0.224 e. The number of carbonyl (C=O) groups is 1. The van der Waals surface area contributed by atoms with Crippen molar-refractivity contribution in [3.63, 3.8) is 0 Å². The van der Waals surface area contributed by atoms with E-state index in [2.05, 4.69) is 10.4 Å². The molecule has 0 radical (unpaired) electrons. The first-order valence-electron chi connectivity index (χ1n) is 9.53. The number of hydrogen-bond acceptors (Lipinski definition) is 5. The van der Waals surface area contributed by atoms with E-state index in [-0.39, 0.29) is 12.0 Å². The maximum absolute atomic E-state index is 12.2. The predicted octanol–water partition coefficient (Wildman–Crippen LogP) is 3.30. The number of aromatic nitrogens is 2. The lowest BCUT2D eigenvalue weighted by atomic mass is 10.1. The first kappa shape index (κ1) is 18.9. The van der Waals surface area contributed by atoms with E-state index in [9.17, 15) is 4.79 Å². The number of hydrogen-bond donors (Lipinski definition) is 1. The Morgan fingerprint density at radius 1 is 1.21 bits per heavy atom. The van der Waals surface area contributed by atoms with Crippen molar-refractivity contribution in [2.24, 2.45) is 0 Å². The van der Waals surface area contributed by atoms with Crippen LogP contribution in [0.4, 0.5) is 5.69 Å². The van der Waals surface area contributed by atoms with Crippen molar-refractivity contribution in [3.05, 3.63) is 66.5 Å². The molecule has 0 spiro atoms. The molecular weight excluding hydrogens is 370 g/mol. The minimum atomic E-state index is -0.136. The smallest absolute Gasteiger partial charge is 0.224 e. The zero-order valence-electron chi connectivity index (χ0n) is 16.2. The number of ether oxygens (including phenoxy) is 3. The van der Waals surface area contributed by atoms with Gasteiger partial charge < -0.3 is 19.5 Å². The van der Waals surface area contributed by atoms with Crippen LogP contribution in [0.25, 0.3) is 0 Å². The standard InChI is InChI=1S/C22H23N3O4/c1-27-18-9-6-16(7-10-18)8-11-22(26)24-17-12-23-25(13-17)14-19-15-28-20-4-2-3-5-21(20)29-19/h2-7,9-10,12-13,19H,8,11,14-15H2,1H3,(H,24,26). The van der Waals surface area contributed by atoms with Gasteiger partial charge in [0.15, 0.2) is 17.6 Å². The van der Waals surface area contributed by atoms with Crippen molar-refractivity contribution < 1.29 is 19.0 Å². The number of anilines is 1. The molecule has 150 valence electrons. The molecule has 1 aliphatic rings. The van der Waals surface area contributed by atoms with E-state index >= 15 is 0 Å². The van der Waals surface area contributed by atoms with Gasteiger partial charge in [-0.15, -0.1) is 0 Å². The summed E-state index contributed by atoms with van der Waals surface area (Å²) in [6.07, 6.45) is 4.37. The van der Waals surface area contributed by atoms with Gasteiger partial charge in [0, 0.05) is 12.6 Å². The second kappa shape index (κ2) is 8.68. The molecule has 4 rings (SSSR count). The summed E-state index contributed by atoms with van der Waals surface area (Å²) < 4.78 is 18.6. The Kier molecular flexibility index (Phi) is 5.65. The second-order valence-electron chi connectivity index (χ2n) is 6.84. The van der Waals surface area contributed by atoms with Gasteiger partial charge in [0.1, 0.15) is 12.4 Å². The Morgan fingerprint density at radius 2 is 2.00 bits per heavy atom. The molecule has 3 aromatic rings. The molecule has 0 bridgehead atoms. The molecular formula is C22H23N3O4. The van der Waals surface area contributed by atoms with Crippen LogP contribution in [0.15, 0.2) is 60.9 Å². The summed E-state index contributed by atoms with van der Waals surface area (Å²) in [5.74, 6) is 2.25. The average molecular weight is 393 g/mol. The molecule has 1 atom stereocenters. The van der Waals surface area contributed by atoms with Crippen LogP contribution in [0, 0.1) is 0 Å². The van der Waals surface area contributed by atoms with Crippen molar-refractivity contribution in [1.29, 1.82) is 0 Å². The molecule has 1 aromatic heterocycles. The summed E-state index contributed by atoms with van der Waals surface area (Å²) >= 11 is 0. The molecule has 7 nitrogen and oxygen atoms in total. The van der Waals surface area contributed by atoms with Crippen LogP contribution in [0.1, 0.15) is 12.0 Å². The molecule has 0 aliphatic carbocycles. The molecule has 1 amide bonds. The van der Waals surface area contributed by atoms with E-state index in [0.29, 0.717) is 31.7 Å². The lowest BCUT2D eigenvalue weighted by molar-refractivity contribution is -0.116. The highest BCUT2D eigenvalue weighted by molar-refractivity contribution is 5.90. The largest absolute Gasteiger partial charge is 0.497 e. The number of aryl methyl sites for hydroxylation is 1. The molecule has 0 fully saturated rings. The maximum atomic E-state index is 12.2. The average Bonchev–Trinajstić information content (AvgIpc) is 3.19. The van der Waals surface area contributed by atoms with Gasteiger partial charge in [0.05, 0.1) is 25.5 Å². The summed E-state index contributed by atoms with van der Waals surface area (Å²) in [6, 6.07) is 15.3. The summed E-state index contributed by atoms with van der Waals surface area (Å²) in [5, 5.41) is 7.20. The predicted molar refractivity (Wildman–Crippen MR) is 109 cm³/mol. The van der Waals surface area contributed by atoms with E-state index in [1.165, 1.54) is 0 Å². The van der Waals surface area contributed by atoms with Crippen LogP contribution in [0.3, 0.4) is 0 Å². The first-order chi connectivity index (χ1) is 14.2. The summed E-state index contributed by atoms with van der Waals surface area (Å²) in [6.45, 7) is 0.997. The third-order valence-corrected chi connectivity index (χ3v) is 4.68. The molecule has 0 saturated carbocycles. The highest BCUT2D eigenvalue weighted by atomic mass is 16.6. The van der Waals surface area contributed by atoms with E-state index in [4.69, 9.17) is 14.2 Å². The van der Waals surface area contributed by atoms with Crippen molar-refractivity contribution in [3.8, 4) is 17.2 Å². The number of nitrogens with zero attached hydrogens (tertiary/aromatic N) is 2. The van der Waals surface area contributed by atoms with Crippen LogP contribution >= 0.6 is 0 Å². The van der Waals surface area contributed by atoms with Gasteiger partial charge in [0.25, 0.3) is 0 Å². The van der Waals surface area contributed by atoms with Crippen molar-refractivity contribution >= 4 is 11.6 Å². The zero-order chi connectivity index (χ0) is 20.1. The van der Waals surface area contributed by atoms with Crippen molar-refractivity contribution in [1.82, 2.24) is 9.78 Å². The van der Waals surface area contributed by atoms with Crippen molar-refractivity contribution in [2.75, 3.05) is 19.0 Å². The van der Waals surface area contributed by atoms with E-state index in [1.807, 2.05) is 48.5 Å². The van der Waals surface area contributed by atoms with Gasteiger partial charge in [-0.1, -0.05) is 24.3 Å². The van der Waals surface area contributed by atoms with Crippen LogP contribution in [-0.4, -0.2) is 35.5 Å². The van der Waals surface area contributed by atoms with E-state index < -0.39 is 0 Å². The van der Waals surface area contributed by atoms with Gasteiger partial charge in [-0.25, -0.2) is 0 Å². The quantitative estimate of drug-likeness (QED) is 0.667. The number of fused-ring (bicyclic) bond motifs is 1. The van der Waals surface area contributed by atoms with Gasteiger partial charge in [0.2, 0.25) is 5.91 Å². The number of benzene rings is 2. The lowest BCUT2D eigenvalue weighted by Crippen LogP contribution is -2.33. The Hall–Kier alpha value is -3.48. The molecule has 7 heteroatoms. The molecule has 1 aliphatic heterocycles. The SMILES string of the molecule is COc1ccc(CCC(=O)Nc2cnn(CC3COc4ccccc4O3)c2)cc1. The third-order valence-electron chi connectivity index (χ3n) is 4.68. The van der Waals surface area contributed by atoms with Crippen LogP contribution in [0.5, 0.6) is 17.2 Å². The van der Waals surface area contributed by atoms with Gasteiger partial charge >= 0.3 is 0 Å². The van der Waals surface area contributed by atoms with Crippen LogP contribution < -0.4 is 19.5 Å². The highest BCUT2D eigenvalue weighted by Gasteiger charge is 2.21. The number of nitrogens with one attached hydrogen (secondary N) is 1. The molecule has 29 heavy (non-hydrogen) atoms. The van der Waals surface area contributed by atoms with Gasteiger partial charge in [-0.2, -0.15) is 5.10 Å². The fourth-order valence-electron chi connectivity index (χ4n) is 3.16. The lowest BCUT2D eigenvalue weighted by Gasteiger charge is -2.26. The summed E-state index contributed by atoms with van der Waals surface area (Å²) in [4.78, 5) is 12.2. The number of carbonyl (C=O) groups excluding carboxylic acids is 1. The first-order valence-corrected chi connectivity index (χ1v) is 9.53. The number of methoxy groups -OCH3 is 1. The monoisotopic (exact) mass is 393 g/mol. The van der Waals surface area contributed by atoms with Crippen LogP contribution in [-0.2, 0) is 17.8 Å². The Morgan fingerprint density at radius 3 is 2.79 bits per heavy atom. The summed E-state index contributed by atoms with van der Waals surface area (Å²) in [5.41, 5.74) is 1.76. The number of amides is 1. The Balaban J connectivity index is 1.26. The molecule has 1 unspecified atom stereocenters. The fourth-order valence-corrected chi connectivity index (χ4v) is 3.16. The molecule has 2 aromatic carbocycles. The third kappa shape index (κ3) is 4.87. The Bertz CT molecular complexity index is 968. The fraction of sp³-hybridized carbons (Fsp3) is 0.273.